The lowest BCUT2D eigenvalue weighted by molar-refractivity contribution is -0.0499. The Morgan fingerprint density at radius 3 is 2.52 bits per heavy atom. The Balaban J connectivity index is 2.21. The van der Waals surface area contributed by atoms with Gasteiger partial charge in [-0.15, -0.1) is 11.3 Å². The van der Waals surface area contributed by atoms with Crippen LogP contribution in [-0.4, -0.2) is 15.0 Å². The Bertz CT molecular complexity index is 796. The summed E-state index contributed by atoms with van der Waals surface area (Å²) in [6.07, 6.45) is 0. The molecule has 1 N–H and O–H groups in total. The first kappa shape index (κ1) is 18.4. The van der Waals surface area contributed by atoms with Crippen LogP contribution >= 0.6 is 34.5 Å². The van der Waals surface area contributed by atoms with Crippen LogP contribution in [0.25, 0.3) is 0 Å². The summed E-state index contributed by atoms with van der Waals surface area (Å²) in [5.41, 5.74) is 0.462. The molecule has 0 saturated heterocycles. The quantitative estimate of drug-likeness (QED) is 0.763. The topological polar surface area (TPSA) is 55.4 Å². The van der Waals surface area contributed by atoms with Gasteiger partial charge >= 0.3 is 6.61 Å². The lowest BCUT2D eigenvalue weighted by atomic mass is 10.1. The van der Waals surface area contributed by atoms with Gasteiger partial charge in [-0.25, -0.2) is 13.1 Å². The van der Waals surface area contributed by atoms with Crippen LogP contribution in [0.15, 0.2) is 35.2 Å². The van der Waals surface area contributed by atoms with Crippen molar-refractivity contribution in [2.45, 2.75) is 24.5 Å². The van der Waals surface area contributed by atoms with Crippen LogP contribution in [0.2, 0.25) is 8.67 Å². The molecule has 0 aliphatic rings. The highest BCUT2D eigenvalue weighted by molar-refractivity contribution is 7.89. The van der Waals surface area contributed by atoms with Gasteiger partial charge < -0.3 is 4.74 Å². The predicted molar refractivity (Wildman–Crippen MR) is 86.1 cm³/mol. The molecular weight excluding hydrogens is 391 g/mol. The molecule has 2 aromatic rings. The summed E-state index contributed by atoms with van der Waals surface area (Å²) in [5, 5.41) is 0. The molecule has 126 valence electrons. The van der Waals surface area contributed by atoms with Gasteiger partial charge in [0.25, 0.3) is 0 Å². The molecular formula is C13H11Cl2F2NO3S2. The van der Waals surface area contributed by atoms with Crippen molar-refractivity contribution in [2.75, 3.05) is 0 Å². The van der Waals surface area contributed by atoms with Crippen molar-refractivity contribution in [2.24, 2.45) is 0 Å². The average Bonchev–Trinajstić information content (AvgIpc) is 2.77. The molecule has 0 fully saturated rings. The van der Waals surface area contributed by atoms with Crippen molar-refractivity contribution in [3.05, 3.63) is 44.6 Å². The van der Waals surface area contributed by atoms with Crippen molar-refractivity contribution in [3.8, 4) is 5.75 Å². The van der Waals surface area contributed by atoms with Crippen LogP contribution in [-0.2, 0) is 10.0 Å². The van der Waals surface area contributed by atoms with E-state index in [1.165, 1.54) is 24.3 Å². The molecule has 1 unspecified atom stereocenters. The first-order valence-electron chi connectivity index (χ1n) is 6.21. The maximum Gasteiger partial charge on any atom is 0.387 e. The molecule has 1 atom stereocenters. The van der Waals surface area contributed by atoms with E-state index in [4.69, 9.17) is 23.2 Å². The van der Waals surface area contributed by atoms with Gasteiger partial charge in [0, 0.05) is 6.04 Å². The number of alkyl halides is 2. The number of ether oxygens (including phenoxy) is 1. The Labute approximate surface area is 146 Å². The Kier molecular flexibility index (Phi) is 5.85. The Morgan fingerprint density at radius 1 is 1.26 bits per heavy atom. The van der Waals surface area contributed by atoms with Crippen LogP contribution < -0.4 is 9.46 Å². The third-order valence-corrected chi connectivity index (χ3v) is 6.12. The fourth-order valence-corrected chi connectivity index (χ4v) is 5.21. The van der Waals surface area contributed by atoms with Crippen molar-refractivity contribution < 1.29 is 21.9 Å². The second kappa shape index (κ2) is 7.31. The molecule has 0 amide bonds. The second-order valence-corrected chi connectivity index (χ2v) is 8.45. The van der Waals surface area contributed by atoms with Gasteiger partial charge in [0.15, 0.2) is 0 Å². The third-order valence-electron chi connectivity index (χ3n) is 2.83. The summed E-state index contributed by atoms with van der Waals surface area (Å²) in [6, 6.07) is 6.34. The van der Waals surface area contributed by atoms with E-state index in [9.17, 15) is 17.2 Å². The maximum atomic E-state index is 12.3. The monoisotopic (exact) mass is 401 g/mol. The first-order valence-corrected chi connectivity index (χ1v) is 9.26. The van der Waals surface area contributed by atoms with Gasteiger partial charge in [-0.2, -0.15) is 8.78 Å². The van der Waals surface area contributed by atoms with E-state index in [2.05, 4.69) is 9.46 Å². The molecule has 2 rings (SSSR count). The van der Waals surface area contributed by atoms with Crippen LogP contribution in [0.5, 0.6) is 5.75 Å². The van der Waals surface area contributed by atoms with Crippen molar-refractivity contribution in [1.82, 2.24) is 4.72 Å². The molecule has 0 aliphatic heterocycles. The van der Waals surface area contributed by atoms with Crippen molar-refractivity contribution >= 4 is 44.6 Å². The molecule has 1 heterocycles. The average molecular weight is 402 g/mol. The van der Waals surface area contributed by atoms with Gasteiger partial charge in [-0.1, -0.05) is 35.3 Å². The number of rotatable bonds is 6. The second-order valence-electron chi connectivity index (χ2n) is 4.48. The van der Waals surface area contributed by atoms with E-state index in [1.807, 2.05) is 0 Å². The molecule has 4 nitrogen and oxygen atoms in total. The smallest absolute Gasteiger partial charge is 0.387 e. The minimum absolute atomic E-state index is 0.0458. The van der Waals surface area contributed by atoms with E-state index >= 15 is 0 Å². The fourth-order valence-electron chi connectivity index (χ4n) is 1.83. The summed E-state index contributed by atoms with van der Waals surface area (Å²) < 4.78 is 56.1. The van der Waals surface area contributed by atoms with Crippen molar-refractivity contribution in [1.29, 1.82) is 0 Å². The van der Waals surface area contributed by atoms with Crippen LogP contribution in [0, 0.1) is 0 Å². The highest BCUT2D eigenvalue weighted by Crippen LogP contribution is 2.34. The van der Waals surface area contributed by atoms with Crippen molar-refractivity contribution in [3.63, 3.8) is 0 Å². The lowest BCUT2D eigenvalue weighted by Gasteiger charge is -2.15. The first-order chi connectivity index (χ1) is 10.7. The molecule has 0 saturated carbocycles. The number of sulfonamides is 1. The van der Waals surface area contributed by atoms with Gasteiger partial charge in [0.05, 0.1) is 4.34 Å². The summed E-state index contributed by atoms with van der Waals surface area (Å²) >= 11 is 12.5. The van der Waals surface area contributed by atoms with Crippen LogP contribution in [0.1, 0.15) is 18.5 Å². The molecule has 0 radical (unpaired) electrons. The largest absolute Gasteiger partial charge is 0.435 e. The minimum Gasteiger partial charge on any atom is -0.435 e. The molecule has 0 bridgehead atoms. The normalized spacial score (nSPS) is 13.3. The fraction of sp³-hybridized carbons (Fsp3) is 0.231. The number of hydrogen-bond donors (Lipinski definition) is 1. The van der Waals surface area contributed by atoms with Gasteiger partial charge in [-0.05, 0) is 30.7 Å². The predicted octanol–water partition coefficient (Wildman–Crippen LogP) is 4.70. The summed E-state index contributed by atoms with van der Waals surface area (Å²) in [5.74, 6) is -0.0554. The maximum absolute atomic E-state index is 12.3. The summed E-state index contributed by atoms with van der Waals surface area (Å²) in [4.78, 5) is -0.124. The molecule has 23 heavy (non-hydrogen) atoms. The number of nitrogens with one attached hydrogen (secondary N) is 1. The number of halogens is 4. The lowest BCUT2D eigenvalue weighted by Crippen LogP contribution is -2.26. The standard InChI is InChI=1S/C13H11Cl2F2NO3S2/c1-7(8-3-2-4-9(5-8)21-13(16)17)18-23(19,20)10-6-11(14)22-12(10)15/h2-7,13,18H,1H3. The zero-order valence-electron chi connectivity index (χ0n) is 11.6. The third kappa shape index (κ3) is 4.77. The summed E-state index contributed by atoms with van der Waals surface area (Å²) in [7, 11) is -3.90. The SMILES string of the molecule is CC(NS(=O)(=O)c1cc(Cl)sc1Cl)c1cccc(OC(F)F)c1. The molecule has 1 aromatic carbocycles. The van der Waals surface area contributed by atoms with E-state index in [1.54, 1.807) is 13.0 Å². The van der Waals surface area contributed by atoms with Gasteiger partial charge in [0.2, 0.25) is 10.0 Å². The Hall–Kier alpha value is -0.930. The van der Waals surface area contributed by atoms with Gasteiger partial charge in [-0.3, -0.25) is 0 Å². The highest BCUT2D eigenvalue weighted by atomic mass is 35.5. The number of thiophene rings is 1. The molecule has 0 spiro atoms. The molecule has 10 heteroatoms. The zero-order valence-corrected chi connectivity index (χ0v) is 14.7. The van der Waals surface area contributed by atoms with Crippen LogP contribution in [0.3, 0.4) is 0 Å². The van der Waals surface area contributed by atoms with Gasteiger partial charge in [0.1, 0.15) is 15.0 Å². The molecule has 0 aliphatic carbocycles. The summed E-state index contributed by atoms with van der Waals surface area (Å²) in [6.45, 7) is -1.38. The van der Waals surface area contributed by atoms with E-state index in [-0.39, 0.29) is 19.3 Å². The zero-order chi connectivity index (χ0) is 17.2. The molecule has 1 aromatic heterocycles. The number of benzene rings is 1. The highest BCUT2D eigenvalue weighted by Gasteiger charge is 2.23. The van der Waals surface area contributed by atoms with E-state index < -0.39 is 22.7 Å². The Morgan fingerprint density at radius 2 is 1.96 bits per heavy atom. The van der Waals surface area contributed by atoms with E-state index in [0.717, 1.165) is 11.3 Å². The number of hydrogen-bond acceptors (Lipinski definition) is 4. The van der Waals surface area contributed by atoms with E-state index in [0.29, 0.717) is 5.56 Å². The van der Waals surface area contributed by atoms with Crippen LogP contribution in [0.4, 0.5) is 8.78 Å². The minimum atomic E-state index is -3.90.